The Hall–Kier alpha value is -2.08. The molecule has 132 valence electrons. The summed E-state index contributed by atoms with van der Waals surface area (Å²) < 4.78 is 10.9. The van der Waals surface area contributed by atoms with Crippen molar-refractivity contribution in [2.45, 2.75) is 26.7 Å². The number of amides is 1. The lowest BCUT2D eigenvalue weighted by Gasteiger charge is -2.27. The molecule has 1 aromatic rings. The van der Waals surface area contributed by atoms with Gasteiger partial charge >= 0.3 is 5.97 Å². The normalized spacial score (nSPS) is 16.4. The summed E-state index contributed by atoms with van der Waals surface area (Å²) in [6, 6.07) is 5.78. The van der Waals surface area contributed by atoms with Crippen molar-refractivity contribution in [3.63, 3.8) is 0 Å². The molecule has 1 atom stereocenters. The van der Waals surface area contributed by atoms with E-state index in [1.54, 1.807) is 0 Å². The van der Waals surface area contributed by atoms with Gasteiger partial charge in [0, 0.05) is 19.8 Å². The molecule has 1 heterocycles. The van der Waals surface area contributed by atoms with Crippen LogP contribution in [0.15, 0.2) is 18.2 Å². The van der Waals surface area contributed by atoms with Gasteiger partial charge in [0.15, 0.2) is 6.61 Å². The highest BCUT2D eigenvalue weighted by Crippen LogP contribution is 2.24. The molecule has 1 aromatic carbocycles. The number of carboxylic acid groups (broad SMARTS) is 1. The molecule has 0 radical (unpaired) electrons. The van der Waals surface area contributed by atoms with E-state index in [0.717, 1.165) is 11.1 Å². The van der Waals surface area contributed by atoms with E-state index in [1.807, 2.05) is 32.0 Å². The highest BCUT2D eigenvalue weighted by molar-refractivity contribution is 5.78. The maximum atomic E-state index is 12.0. The van der Waals surface area contributed by atoms with Gasteiger partial charge in [0.05, 0.1) is 5.92 Å². The summed E-state index contributed by atoms with van der Waals surface area (Å²) in [5.41, 5.74) is 1.93. The van der Waals surface area contributed by atoms with E-state index >= 15 is 0 Å². The third kappa shape index (κ3) is 4.96. The Bertz CT molecular complexity index is 561. The number of carboxylic acids is 1. The Balaban J connectivity index is 1.83. The number of carbonyl (C=O) groups excluding carboxylic acids is 1. The van der Waals surface area contributed by atoms with Crippen molar-refractivity contribution in [1.29, 1.82) is 0 Å². The van der Waals surface area contributed by atoms with Crippen LogP contribution < -0.4 is 10.1 Å². The lowest BCUT2D eigenvalue weighted by atomic mass is 9.86. The van der Waals surface area contributed by atoms with Gasteiger partial charge in [-0.05, 0) is 43.7 Å². The van der Waals surface area contributed by atoms with Gasteiger partial charge in [-0.25, -0.2) is 0 Å². The molecule has 2 rings (SSSR count). The number of carbonyl (C=O) groups is 2. The van der Waals surface area contributed by atoms with Gasteiger partial charge in [-0.15, -0.1) is 0 Å². The summed E-state index contributed by atoms with van der Waals surface area (Å²) in [6.45, 7) is 5.01. The zero-order chi connectivity index (χ0) is 17.5. The van der Waals surface area contributed by atoms with Crippen LogP contribution in [0.1, 0.15) is 24.0 Å². The Labute approximate surface area is 142 Å². The lowest BCUT2D eigenvalue weighted by Crippen LogP contribution is -2.40. The van der Waals surface area contributed by atoms with Crippen LogP contribution >= 0.6 is 0 Å². The van der Waals surface area contributed by atoms with Crippen LogP contribution in [-0.2, 0) is 14.3 Å². The first-order chi connectivity index (χ1) is 11.5. The van der Waals surface area contributed by atoms with Crippen LogP contribution in [0.25, 0.3) is 0 Å². The smallest absolute Gasteiger partial charge is 0.308 e. The molecule has 2 N–H and O–H groups in total. The van der Waals surface area contributed by atoms with Crippen molar-refractivity contribution in [2.24, 2.45) is 11.8 Å². The minimum Gasteiger partial charge on any atom is -0.483 e. The lowest BCUT2D eigenvalue weighted by molar-refractivity contribution is -0.145. The first-order valence-corrected chi connectivity index (χ1v) is 8.25. The largest absolute Gasteiger partial charge is 0.483 e. The van der Waals surface area contributed by atoms with Gasteiger partial charge in [0.1, 0.15) is 5.75 Å². The quantitative estimate of drug-likeness (QED) is 0.795. The first kappa shape index (κ1) is 18.3. The van der Waals surface area contributed by atoms with Gasteiger partial charge in [0.25, 0.3) is 5.91 Å². The average molecular weight is 335 g/mol. The van der Waals surface area contributed by atoms with Crippen LogP contribution in [0.3, 0.4) is 0 Å². The highest BCUT2D eigenvalue weighted by Gasteiger charge is 2.30. The Morgan fingerprint density at radius 2 is 1.92 bits per heavy atom. The minimum atomic E-state index is -0.877. The van der Waals surface area contributed by atoms with Gasteiger partial charge in [-0.2, -0.15) is 0 Å². The maximum absolute atomic E-state index is 12.0. The van der Waals surface area contributed by atoms with Crippen LogP contribution in [0, 0.1) is 25.7 Å². The molecule has 1 aliphatic rings. The molecule has 1 fully saturated rings. The van der Waals surface area contributed by atoms with E-state index in [4.69, 9.17) is 9.47 Å². The number of nitrogens with one attached hydrogen (secondary N) is 1. The number of benzene rings is 1. The summed E-state index contributed by atoms with van der Waals surface area (Å²) in [6.07, 6.45) is 1.43. The molecule has 6 nitrogen and oxygen atoms in total. The Morgan fingerprint density at radius 1 is 1.29 bits per heavy atom. The SMILES string of the molecule is Cc1cccc(C)c1OCC(=O)NCC(C(=O)O)C1CCOCC1. The first-order valence-electron chi connectivity index (χ1n) is 8.25. The van der Waals surface area contributed by atoms with Gasteiger partial charge in [-0.3, -0.25) is 9.59 Å². The van der Waals surface area contributed by atoms with Crippen LogP contribution in [-0.4, -0.2) is 43.3 Å². The Kier molecular flexibility index (Phi) is 6.61. The van der Waals surface area contributed by atoms with E-state index in [0.29, 0.717) is 31.8 Å². The number of para-hydroxylation sites is 1. The van der Waals surface area contributed by atoms with Gasteiger partial charge in [-0.1, -0.05) is 18.2 Å². The van der Waals surface area contributed by atoms with Crippen molar-refractivity contribution >= 4 is 11.9 Å². The van der Waals surface area contributed by atoms with E-state index < -0.39 is 11.9 Å². The fourth-order valence-electron chi connectivity index (χ4n) is 3.01. The predicted molar refractivity (Wildman–Crippen MR) is 89.1 cm³/mol. The summed E-state index contributed by atoms with van der Waals surface area (Å²) in [4.78, 5) is 23.5. The van der Waals surface area contributed by atoms with Crippen LogP contribution in [0.2, 0.25) is 0 Å². The molecule has 1 saturated heterocycles. The number of hydrogen-bond donors (Lipinski definition) is 2. The molecular weight excluding hydrogens is 310 g/mol. The second-order valence-electron chi connectivity index (χ2n) is 6.21. The fraction of sp³-hybridized carbons (Fsp3) is 0.556. The highest BCUT2D eigenvalue weighted by atomic mass is 16.5. The number of aryl methyl sites for hydroxylation is 2. The van der Waals surface area contributed by atoms with Crippen molar-refractivity contribution in [3.8, 4) is 5.75 Å². The molecule has 0 aliphatic carbocycles. The second kappa shape index (κ2) is 8.68. The van der Waals surface area contributed by atoms with Crippen LogP contribution in [0.5, 0.6) is 5.75 Å². The van der Waals surface area contributed by atoms with Crippen molar-refractivity contribution < 1.29 is 24.2 Å². The molecule has 0 bridgehead atoms. The summed E-state index contributed by atoms with van der Waals surface area (Å²) >= 11 is 0. The summed E-state index contributed by atoms with van der Waals surface area (Å²) in [5.74, 6) is -1.03. The van der Waals surface area contributed by atoms with E-state index in [1.165, 1.54) is 0 Å². The molecule has 1 aliphatic heterocycles. The predicted octanol–water partition coefficient (Wildman–Crippen LogP) is 1.93. The topological polar surface area (TPSA) is 84.9 Å². The van der Waals surface area contributed by atoms with E-state index in [9.17, 15) is 14.7 Å². The number of ether oxygens (including phenoxy) is 2. The molecular formula is C18H25NO5. The van der Waals surface area contributed by atoms with Crippen molar-refractivity contribution in [1.82, 2.24) is 5.32 Å². The molecule has 6 heteroatoms. The van der Waals surface area contributed by atoms with Crippen LogP contribution in [0.4, 0.5) is 0 Å². The Morgan fingerprint density at radius 3 is 2.50 bits per heavy atom. The second-order valence-corrected chi connectivity index (χ2v) is 6.21. The minimum absolute atomic E-state index is 0.0380. The number of rotatable bonds is 7. The zero-order valence-corrected chi connectivity index (χ0v) is 14.2. The van der Waals surface area contributed by atoms with Crippen molar-refractivity contribution in [2.75, 3.05) is 26.4 Å². The third-order valence-electron chi connectivity index (χ3n) is 4.43. The monoisotopic (exact) mass is 335 g/mol. The van der Waals surface area contributed by atoms with Gasteiger partial charge in [0.2, 0.25) is 0 Å². The van der Waals surface area contributed by atoms with E-state index in [-0.39, 0.29) is 25.0 Å². The summed E-state index contributed by atoms with van der Waals surface area (Å²) in [7, 11) is 0. The zero-order valence-electron chi connectivity index (χ0n) is 14.2. The fourth-order valence-corrected chi connectivity index (χ4v) is 3.01. The van der Waals surface area contributed by atoms with Gasteiger partial charge < -0.3 is 19.9 Å². The standard InChI is InChI=1S/C18H25NO5/c1-12-4-3-5-13(2)17(12)24-11-16(20)19-10-15(18(21)22)14-6-8-23-9-7-14/h3-5,14-15H,6-11H2,1-2H3,(H,19,20)(H,21,22). The maximum Gasteiger partial charge on any atom is 0.308 e. The summed E-state index contributed by atoms with van der Waals surface area (Å²) in [5, 5.41) is 12.1. The molecule has 1 amide bonds. The van der Waals surface area contributed by atoms with E-state index in [2.05, 4.69) is 5.32 Å². The molecule has 24 heavy (non-hydrogen) atoms. The molecule has 1 unspecified atom stereocenters. The third-order valence-corrected chi connectivity index (χ3v) is 4.43. The van der Waals surface area contributed by atoms with Crippen molar-refractivity contribution in [3.05, 3.63) is 29.3 Å². The molecule has 0 saturated carbocycles. The molecule has 0 spiro atoms. The molecule has 0 aromatic heterocycles. The number of aliphatic carboxylic acids is 1. The number of hydrogen-bond acceptors (Lipinski definition) is 4. The average Bonchev–Trinajstić information content (AvgIpc) is 2.55.